The van der Waals surface area contributed by atoms with Crippen molar-refractivity contribution in [2.75, 3.05) is 45.9 Å². The first-order chi connectivity index (χ1) is 24.5. The first kappa shape index (κ1) is 35.6. The monoisotopic (exact) mass is 701 g/mol. The lowest BCUT2D eigenvalue weighted by molar-refractivity contribution is -0.154. The Balaban J connectivity index is 1.08. The van der Waals surface area contributed by atoms with Gasteiger partial charge in [-0.25, -0.2) is 0 Å². The molecule has 2 saturated carbocycles. The van der Waals surface area contributed by atoms with Gasteiger partial charge in [0.2, 0.25) is 17.7 Å². The predicted molar refractivity (Wildman–Crippen MR) is 191 cm³/mol. The summed E-state index contributed by atoms with van der Waals surface area (Å²) < 4.78 is 8.10. The van der Waals surface area contributed by atoms with Crippen LogP contribution in [0.15, 0.2) is 42.7 Å². The SMILES string of the molecule is C[C@@H](OCC1CCCCC1)[C@H](NC(=O)[C@@H]1CN(C(=O)c2cnn(Cc3ccccc3)c2)CC12CN(C(=O)[C@H]1CC1(C)C)C2)C(=O)N1CC[C@H]1CN. The quantitative estimate of drug-likeness (QED) is 0.347. The van der Waals surface area contributed by atoms with E-state index in [1.54, 1.807) is 26.9 Å². The Hall–Kier alpha value is -3.77. The molecule has 4 amide bonds. The first-order valence-electron chi connectivity index (χ1n) is 19.0. The Morgan fingerprint density at radius 1 is 1.00 bits per heavy atom. The lowest BCUT2D eigenvalue weighted by Crippen LogP contribution is -2.66. The molecule has 276 valence electrons. The van der Waals surface area contributed by atoms with E-state index in [9.17, 15) is 19.2 Å². The maximum absolute atomic E-state index is 14.5. The summed E-state index contributed by atoms with van der Waals surface area (Å²) in [6, 6.07) is 9.01. The van der Waals surface area contributed by atoms with Gasteiger partial charge in [0, 0.05) is 69.4 Å². The van der Waals surface area contributed by atoms with Gasteiger partial charge < -0.3 is 30.5 Å². The molecule has 12 heteroatoms. The molecular formula is C39H55N7O5. The highest BCUT2D eigenvalue weighted by Gasteiger charge is 2.62. The summed E-state index contributed by atoms with van der Waals surface area (Å²) in [5, 5.41) is 7.58. The molecule has 3 N–H and O–H groups in total. The van der Waals surface area contributed by atoms with Crippen LogP contribution < -0.4 is 11.1 Å². The van der Waals surface area contributed by atoms with Crippen LogP contribution in [0.1, 0.15) is 81.6 Å². The topological polar surface area (TPSA) is 143 Å². The van der Waals surface area contributed by atoms with Gasteiger partial charge in [0.1, 0.15) is 6.04 Å². The van der Waals surface area contributed by atoms with Crippen molar-refractivity contribution in [2.45, 2.75) is 90.4 Å². The van der Waals surface area contributed by atoms with Crippen LogP contribution in [0.5, 0.6) is 0 Å². The zero-order chi connectivity index (χ0) is 35.9. The Morgan fingerprint density at radius 2 is 1.71 bits per heavy atom. The third-order valence-electron chi connectivity index (χ3n) is 12.5. The summed E-state index contributed by atoms with van der Waals surface area (Å²) in [6.07, 6.45) is 10.4. The number of carbonyl (C=O) groups is 4. The van der Waals surface area contributed by atoms with E-state index >= 15 is 0 Å². The van der Waals surface area contributed by atoms with Crippen LogP contribution in [-0.2, 0) is 25.7 Å². The number of carbonyl (C=O) groups excluding carboxylic acids is 4. The number of amides is 4. The van der Waals surface area contributed by atoms with Gasteiger partial charge in [0.05, 0.1) is 30.3 Å². The number of aromatic nitrogens is 2. The summed E-state index contributed by atoms with van der Waals surface area (Å²) >= 11 is 0. The molecule has 0 unspecified atom stereocenters. The van der Waals surface area contributed by atoms with E-state index in [1.165, 1.54) is 19.3 Å². The minimum Gasteiger partial charge on any atom is -0.376 e. The summed E-state index contributed by atoms with van der Waals surface area (Å²) in [5.41, 5.74) is 6.90. The largest absolute Gasteiger partial charge is 0.376 e. The second-order valence-corrected chi connectivity index (χ2v) is 16.7. The van der Waals surface area contributed by atoms with E-state index < -0.39 is 23.5 Å². The molecular weight excluding hydrogens is 646 g/mol. The van der Waals surface area contributed by atoms with E-state index in [-0.39, 0.29) is 47.5 Å². The molecule has 3 saturated heterocycles. The third-order valence-corrected chi connectivity index (χ3v) is 12.5. The fourth-order valence-electron chi connectivity index (χ4n) is 8.82. The molecule has 2 aliphatic carbocycles. The minimum atomic E-state index is -0.876. The van der Waals surface area contributed by atoms with Crippen molar-refractivity contribution >= 4 is 23.6 Å². The second kappa shape index (κ2) is 14.3. The number of nitrogens with one attached hydrogen (secondary N) is 1. The highest BCUT2D eigenvalue weighted by atomic mass is 16.5. The van der Waals surface area contributed by atoms with Gasteiger partial charge >= 0.3 is 0 Å². The van der Waals surface area contributed by atoms with Crippen LogP contribution in [-0.4, -0.2) is 112 Å². The standard InChI is InChI=1S/C39H55N7O5/c1-26(51-22-28-12-8-5-9-13-28)33(37(50)46-15-14-30(46)17-40)42-34(47)32-21-43(23-39(32)24-44(25-39)36(49)31-16-38(31,2)3)35(48)29-18-41-45(20-29)19-27-10-6-4-7-11-27/h4,6-7,10-11,18,20,26,28,30-33H,5,8-9,12-17,19,21-25,40H2,1-3H3,(H,42,47)/t26-,30+,31-,32+,33+/m1/s1. The van der Waals surface area contributed by atoms with Gasteiger partial charge in [-0.05, 0) is 49.5 Å². The van der Waals surface area contributed by atoms with Gasteiger partial charge in [0.15, 0.2) is 0 Å². The van der Waals surface area contributed by atoms with Crippen LogP contribution in [0.4, 0.5) is 0 Å². The maximum Gasteiger partial charge on any atom is 0.257 e. The van der Waals surface area contributed by atoms with Crippen LogP contribution >= 0.6 is 0 Å². The molecule has 7 rings (SSSR count). The Morgan fingerprint density at radius 3 is 2.35 bits per heavy atom. The van der Waals surface area contributed by atoms with E-state index in [4.69, 9.17) is 10.5 Å². The number of benzene rings is 1. The van der Waals surface area contributed by atoms with Crippen molar-refractivity contribution in [2.24, 2.45) is 34.3 Å². The summed E-state index contributed by atoms with van der Waals surface area (Å²) in [4.78, 5) is 61.2. The average molecular weight is 702 g/mol. The van der Waals surface area contributed by atoms with Crippen molar-refractivity contribution in [3.05, 3.63) is 53.9 Å². The van der Waals surface area contributed by atoms with Crippen LogP contribution in [0.2, 0.25) is 0 Å². The van der Waals surface area contributed by atoms with Crippen LogP contribution in [0.3, 0.4) is 0 Å². The molecule has 1 aromatic heterocycles. The lowest BCUT2D eigenvalue weighted by atomic mass is 9.70. The number of ether oxygens (including phenoxy) is 1. The predicted octanol–water partition coefficient (Wildman–Crippen LogP) is 2.91. The molecule has 5 aliphatic rings. The molecule has 51 heavy (non-hydrogen) atoms. The Labute approximate surface area is 301 Å². The second-order valence-electron chi connectivity index (χ2n) is 16.7. The average Bonchev–Trinajstić information content (AvgIpc) is 3.40. The van der Waals surface area contributed by atoms with Crippen LogP contribution in [0.25, 0.3) is 0 Å². The molecule has 1 spiro atoms. The summed E-state index contributed by atoms with van der Waals surface area (Å²) in [6.45, 7) is 9.51. The van der Waals surface area contributed by atoms with Crippen molar-refractivity contribution in [1.29, 1.82) is 0 Å². The van der Waals surface area contributed by atoms with Crippen molar-refractivity contribution in [3.63, 3.8) is 0 Å². The summed E-state index contributed by atoms with van der Waals surface area (Å²) in [5.74, 6) is -0.667. The van der Waals surface area contributed by atoms with Crippen LogP contribution in [0, 0.1) is 28.6 Å². The van der Waals surface area contributed by atoms with E-state index in [1.807, 2.05) is 42.2 Å². The molecule has 0 radical (unpaired) electrons. The molecule has 1 aromatic carbocycles. The highest BCUT2D eigenvalue weighted by Crippen LogP contribution is 2.54. The Bertz CT molecular complexity index is 1600. The van der Waals surface area contributed by atoms with Crippen molar-refractivity contribution < 1.29 is 23.9 Å². The normalized spacial score (nSPS) is 26.3. The first-order valence-corrected chi connectivity index (χ1v) is 19.0. The molecule has 2 aromatic rings. The lowest BCUT2D eigenvalue weighted by Gasteiger charge is -2.51. The van der Waals surface area contributed by atoms with Gasteiger partial charge in [-0.2, -0.15) is 5.10 Å². The van der Waals surface area contributed by atoms with E-state index in [0.29, 0.717) is 57.4 Å². The molecule has 0 bridgehead atoms. The number of rotatable bonds is 12. The highest BCUT2D eigenvalue weighted by molar-refractivity contribution is 5.96. The van der Waals surface area contributed by atoms with E-state index in [2.05, 4.69) is 24.3 Å². The maximum atomic E-state index is 14.5. The molecule has 5 atom stereocenters. The van der Waals surface area contributed by atoms with Crippen molar-refractivity contribution in [1.82, 2.24) is 29.8 Å². The number of nitrogens with two attached hydrogens (primary N) is 1. The molecule has 5 fully saturated rings. The van der Waals surface area contributed by atoms with Gasteiger partial charge in [-0.3, -0.25) is 23.9 Å². The number of hydrogen-bond donors (Lipinski definition) is 2. The van der Waals surface area contributed by atoms with Gasteiger partial charge in [0.25, 0.3) is 5.91 Å². The van der Waals surface area contributed by atoms with Gasteiger partial charge in [-0.1, -0.05) is 63.4 Å². The fraction of sp³-hybridized carbons (Fsp3) is 0.667. The number of hydrogen-bond acceptors (Lipinski definition) is 7. The van der Waals surface area contributed by atoms with Crippen molar-refractivity contribution in [3.8, 4) is 0 Å². The van der Waals surface area contributed by atoms with E-state index in [0.717, 1.165) is 31.2 Å². The number of nitrogens with zero attached hydrogens (tertiary/aromatic N) is 5. The molecule has 12 nitrogen and oxygen atoms in total. The zero-order valence-electron chi connectivity index (χ0n) is 30.5. The minimum absolute atomic E-state index is 0.00616. The molecule has 3 aliphatic heterocycles. The smallest absolute Gasteiger partial charge is 0.257 e. The molecule has 4 heterocycles. The Kier molecular flexibility index (Phi) is 10.0. The summed E-state index contributed by atoms with van der Waals surface area (Å²) in [7, 11) is 0. The third kappa shape index (κ3) is 7.31. The zero-order valence-corrected chi connectivity index (χ0v) is 30.5. The fourth-order valence-corrected chi connectivity index (χ4v) is 8.82. The van der Waals surface area contributed by atoms with Gasteiger partial charge in [-0.15, -0.1) is 0 Å². The number of likely N-dealkylation sites (tertiary alicyclic amines) is 3.